The van der Waals surface area contributed by atoms with Gasteiger partial charge >= 0.3 is 0 Å². The molecule has 132 valence electrons. The van der Waals surface area contributed by atoms with Crippen molar-refractivity contribution >= 4 is 44.7 Å². The predicted octanol–water partition coefficient (Wildman–Crippen LogP) is 5.17. The number of carbonyl (C=O) groups is 1. The number of aromatic nitrogens is 2. The highest BCUT2D eigenvalue weighted by Gasteiger charge is 2.17. The van der Waals surface area contributed by atoms with Crippen LogP contribution in [0, 0.1) is 18.3 Å². The van der Waals surface area contributed by atoms with E-state index in [9.17, 15) is 4.79 Å². The highest BCUT2D eigenvalue weighted by molar-refractivity contribution is 7.20. The lowest BCUT2D eigenvalue weighted by atomic mass is 10.2. The third-order valence-corrected chi connectivity index (χ3v) is 5.47. The number of carbonyl (C=O) groups excluding carboxylic acids is 1. The Morgan fingerprint density at radius 1 is 1.19 bits per heavy atom. The molecule has 1 N–H and O–H groups in total. The Balaban J connectivity index is 1.66. The number of nitrogens with zero attached hydrogens (tertiary/aromatic N) is 3. The van der Waals surface area contributed by atoms with Gasteiger partial charge in [0.25, 0.3) is 5.91 Å². The number of amides is 1. The number of halogens is 1. The van der Waals surface area contributed by atoms with E-state index in [1.807, 2.05) is 41.9 Å². The summed E-state index contributed by atoms with van der Waals surface area (Å²) < 4.78 is 1.82. The number of nitriles is 1. The van der Waals surface area contributed by atoms with Crippen molar-refractivity contribution in [2.45, 2.75) is 6.92 Å². The van der Waals surface area contributed by atoms with Gasteiger partial charge in [0.2, 0.25) is 0 Å². The van der Waals surface area contributed by atoms with Crippen molar-refractivity contribution in [3.8, 4) is 11.8 Å². The van der Waals surface area contributed by atoms with Crippen LogP contribution in [0.2, 0.25) is 5.02 Å². The molecule has 0 saturated carbocycles. The molecule has 0 atom stereocenters. The second kappa shape index (κ2) is 6.88. The van der Waals surface area contributed by atoms with E-state index < -0.39 is 0 Å². The first-order valence-corrected chi connectivity index (χ1v) is 9.31. The number of hydrogen-bond acceptors (Lipinski definition) is 4. The summed E-state index contributed by atoms with van der Waals surface area (Å²) in [7, 11) is 0. The Morgan fingerprint density at radius 2 is 1.89 bits per heavy atom. The van der Waals surface area contributed by atoms with Crippen LogP contribution in [0.15, 0.2) is 54.6 Å². The van der Waals surface area contributed by atoms with Gasteiger partial charge in [0.15, 0.2) is 0 Å². The number of hydrogen-bond donors (Lipinski definition) is 1. The van der Waals surface area contributed by atoms with Crippen LogP contribution in [0.5, 0.6) is 0 Å². The molecule has 27 heavy (non-hydrogen) atoms. The lowest BCUT2D eigenvalue weighted by molar-refractivity contribution is 0.103. The number of aryl methyl sites for hydroxylation is 1. The molecule has 2 aromatic carbocycles. The summed E-state index contributed by atoms with van der Waals surface area (Å²) in [6, 6.07) is 18.1. The SMILES string of the molecule is Cc1nn(-c2ccc(Cl)cc2)c2sc(C(=O)Nc3ccc(C#N)cc3)cc12. The zero-order valence-electron chi connectivity index (χ0n) is 14.2. The summed E-state index contributed by atoms with van der Waals surface area (Å²) in [6.07, 6.45) is 0. The Bertz CT molecular complexity index is 1180. The molecule has 0 fully saturated rings. The van der Waals surface area contributed by atoms with Crippen LogP contribution in [0.3, 0.4) is 0 Å². The Kier molecular flexibility index (Phi) is 4.40. The van der Waals surface area contributed by atoms with Gasteiger partial charge in [0.05, 0.1) is 27.9 Å². The molecule has 7 heteroatoms. The first-order valence-electron chi connectivity index (χ1n) is 8.12. The average molecular weight is 393 g/mol. The van der Waals surface area contributed by atoms with Crippen LogP contribution < -0.4 is 5.32 Å². The van der Waals surface area contributed by atoms with Crippen molar-refractivity contribution < 1.29 is 4.79 Å². The molecule has 1 amide bonds. The number of fused-ring (bicyclic) bond motifs is 1. The predicted molar refractivity (Wildman–Crippen MR) is 108 cm³/mol. The summed E-state index contributed by atoms with van der Waals surface area (Å²) >= 11 is 7.35. The molecular weight excluding hydrogens is 380 g/mol. The first kappa shape index (κ1) is 17.3. The standard InChI is InChI=1S/C20H13ClN4OS/c1-12-17-10-18(19(26)23-15-6-2-13(11-22)3-7-15)27-20(17)25(24-12)16-8-4-14(21)5-9-16/h2-10H,1H3,(H,23,26). The third-order valence-electron chi connectivity index (χ3n) is 4.11. The second-order valence-electron chi connectivity index (χ2n) is 5.95. The summed E-state index contributed by atoms with van der Waals surface area (Å²) in [6.45, 7) is 1.92. The van der Waals surface area contributed by atoms with E-state index in [0.29, 0.717) is 21.2 Å². The number of anilines is 1. The molecule has 4 aromatic rings. The van der Waals surface area contributed by atoms with Crippen LogP contribution in [0.4, 0.5) is 5.69 Å². The van der Waals surface area contributed by atoms with Gasteiger partial charge in [-0.2, -0.15) is 10.4 Å². The van der Waals surface area contributed by atoms with Gasteiger partial charge in [-0.05, 0) is 61.5 Å². The van der Waals surface area contributed by atoms with Gasteiger partial charge in [-0.15, -0.1) is 11.3 Å². The topological polar surface area (TPSA) is 70.7 Å². The zero-order chi connectivity index (χ0) is 19.0. The molecule has 2 heterocycles. The van der Waals surface area contributed by atoms with Crippen LogP contribution in [0.1, 0.15) is 20.9 Å². The van der Waals surface area contributed by atoms with Gasteiger partial charge < -0.3 is 5.32 Å². The van der Waals surface area contributed by atoms with E-state index in [4.69, 9.17) is 16.9 Å². The number of nitrogens with one attached hydrogen (secondary N) is 1. The van der Waals surface area contributed by atoms with Crippen molar-refractivity contribution in [3.63, 3.8) is 0 Å². The largest absolute Gasteiger partial charge is 0.321 e. The van der Waals surface area contributed by atoms with E-state index in [-0.39, 0.29) is 5.91 Å². The molecule has 0 aliphatic heterocycles. The second-order valence-corrected chi connectivity index (χ2v) is 7.41. The van der Waals surface area contributed by atoms with Crippen molar-refractivity contribution in [1.82, 2.24) is 9.78 Å². The smallest absolute Gasteiger partial charge is 0.265 e. The minimum Gasteiger partial charge on any atom is -0.321 e. The Labute approximate surface area is 164 Å². The van der Waals surface area contributed by atoms with Crippen LogP contribution >= 0.6 is 22.9 Å². The molecule has 2 aromatic heterocycles. The average Bonchev–Trinajstić information content (AvgIpc) is 3.24. The summed E-state index contributed by atoms with van der Waals surface area (Å²) in [4.78, 5) is 14.1. The number of rotatable bonds is 3. The highest BCUT2D eigenvalue weighted by Crippen LogP contribution is 2.31. The monoisotopic (exact) mass is 392 g/mol. The molecule has 0 aliphatic carbocycles. The van der Waals surface area contributed by atoms with Gasteiger partial charge in [-0.1, -0.05) is 11.6 Å². The van der Waals surface area contributed by atoms with Gasteiger partial charge in [0.1, 0.15) is 4.83 Å². The fourth-order valence-electron chi connectivity index (χ4n) is 2.74. The molecule has 0 aliphatic rings. The van der Waals surface area contributed by atoms with E-state index in [1.165, 1.54) is 11.3 Å². The maximum atomic E-state index is 12.6. The van der Waals surface area contributed by atoms with E-state index in [2.05, 4.69) is 16.5 Å². The summed E-state index contributed by atoms with van der Waals surface area (Å²) in [5.41, 5.74) is 2.94. The quantitative estimate of drug-likeness (QED) is 0.522. The van der Waals surface area contributed by atoms with Gasteiger partial charge in [-0.25, -0.2) is 4.68 Å². The van der Waals surface area contributed by atoms with Crippen LogP contribution in [-0.2, 0) is 0 Å². The maximum Gasteiger partial charge on any atom is 0.265 e. The minimum absolute atomic E-state index is 0.192. The van der Waals surface area contributed by atoms with E-state index in [0.717, 1.165) is 21.6 Å². The number of thiophene rings is 1. The Hall–Kier alpha value is -3.14. The summed E-state index contributed by atoms with van der Waals surface area (Å²) in [5, 5.41) is 17.9. The van der Waals surface area contributed by atoms with Crippen molar-refractivity contribution in [1.29, 1.82) is 5.26 Å². The van der Waals surface area contributed by atoms with Crippen LogP contribution in [0.25, 0.3) is 15.9 Å². The van der Waals surface area contributed by atoms with E-state index >= 15 is 0 Å². The van der Waals surface area contributed by atoms with Crippen LogP contribution in [-0.4, -0.2) is 15.7 Å². The Morgan fingerprint density at radius 3 is 2.56 bits per heavy atom. The van der Waals surface area contributed by atoms with Crippen molar-refractivity contribution in [3.05, 3.63) is 75.8 Å². The zero-order valence-corrected chi connectivity index (χ0v) is 15.8. The molecule has 0 spiro atoms. The first-order chi connectivity index (χ1) is 13.0. The molecule has 4 rings (SSSR count). The lowest BCUT2D eigenvalue weighted by Crippen LogP contribution is -2.10. The van der Waals surface area contributed by atoms with Gasteiger partial charge in [0, 0.05) is 16.1 Å². The highest BCUT2D eigenvalue weighted by atomic mass is 35.5. The molecule has 0 bridgehead atoms. The van der Waals surface area contributed by atoms with Crippen molar-refractivity contribution in [2.75, 3.05) is 5.32 Å². The summed E-state index contributed by atoms with van der Waals surface area (Å²) in [5.74, 6) is -0.192. The fourth-order valence-corrected chi connectivity index (χ4v) is 3.94. The maximum absolute atomic E-state index is 12.6. The fraction of sp³-hybridized carbons (Fsp3) is 0.0500. The third kappa shape index (κ3) is 3.31. The molecule has 0 radical (unpaired) electrons. The lowest BCUT2D eigenvalue weighted by Gasteiger charge is -2.04. The van der Waals surface area contributed by atoms with Crippen molar-refractivity contribution in [2.24, 2.45) is 0 Å². The number of benzene rings is 2. The molecule has 0 saturated heterocycles. The van der Waals surface area contributed by atoms with Gasteiger partial charge in [-0.3, -0.25) is 4.79 Å². The minimum atomic E-state index is -0.192. The normalized spacial score (nSPS) is 10.7. The molecule has 0 unspecified atom stereocenters. The molecule has 5 nitrogen and oxygen atoms in total. The molecular formula is C20H13ClN4OS. The van der Waals surface area contributed by atoms with E-state index in [1.54, 1.807) is 24.3 Å².